The van der Waals surface area contributed by atoms with E-state index in [0.717, 1.165) is 22.4 Å². The Labute approximate surface area is 231 Å². The van der Waals surface area contributed by atoms with Crippen LogP contribution in [0.4, 0.5) is 10.6 Å². The van der Waals surface area contributed by atoms with Gasteiger partial charge in [-0.15, -0.1) is 0 Å². The fraction of sp³-hybridized carbons (Fsp3) is 0.464. The quantitative estimate of drug-likeness (QED) is 0.411. The number of para-hydroxylation sites is 2. The molecule has 0 spiro atoms. The number of carbonyl (C=O) groups excluding carboxylic acids is 1. The third-order valence-electron chi connectivity index (χ3n) is 6.97. The molecule has 2 aliphatic heterocycles. The number of hydrogen-bond acceptors (Lipinski definition) is 9. The highest BCUT2D eigenvalue weighted by Crippen LogP contribution is 2.30. The second kappa shape index (κ2) is 9.86. The first kappa shape index (κ1) is 26.2. The van der Waals surface area contributed by atoms with Crippen LogP contribution >= 0.6 is 0 Å². The van der Waals surface area contributed by atoms with E-state index in [1.54, 1.807) is 11.8 Å². The Morgan fingerprint density at radius 3 is 2.52 bits per heavy atom. The predicted molar refractivity (Wildman–Crippen MR) is 150 cm³/mol. The molecular formula is C28H34N8O4. The minimum Gasteiger partial charge on any atom is -0.444 e. The van der Waals surface area contributed by atoms with Crippen molar-refractivity contribution in [3.8, 4) is 5.95 Å². The number of benzene rings is 1. The number of carbonyl (C=O) groups is 1. The van der Waals surface area contributed by atoms with E-state index in [0.29, 0.717) is 68.1 Å². The first-order chi connectivity index (χ1) is 19.1. The largest absolute Gasteiger partial charge is 0.444 e. The van der Waals surface area contributed by atoms with Crippen molar-refractivity contribution in [3.05, 3.63) is 41.5 Å². The molecule has 2 fully saturated rings. The summed E-state index contributed by atoms with van der Waals surface area (Å²) in [5.41, 5.74) is 3.45. The maximum absolute atomic E-state index is 12.4. The molecule has 0 bridgehead atoms. The van der Waals surface area contributed by atoms with Crippen LogP contribution in [0.2, 0.25) is 0 Å². The third-order valence-corrected chi connectivity index (χ3v) is 6.97. The van der Waals surface area contributed by atoms with Crippen LogP contribution in [-0.4, -0.2) is 90.2 Å². The molecule has 1 N–H and O–H groups in total. The standard InChI is InChI=1S/C28H34N8O4/c1-17(37)23-29-19-8-6-7-9-20(19)36(23)26-31-24-22(25(32-26)34-10-12-39-13-11-34)30-21(33(24)5)14-18-15-35(16-18)27(38)40-28(2,3)4/h6-9,14,17,37H,10-13,15-16H2,1-5H3/t17-/m1/s1. The smallest absolute Gasteiger partial charge is 0.410 e. The van der Waals surface area contributed by atoms with Crippen molar-refractivity contribution in [2.24, 2.45) is 7.05 Å². The van der Waals surface area contributed by atoms with Gasteiger partial charge in [-0.05, 0) is 51.5 Å². The highest BCUT2D eigenvalue weighted by molar-refractivity contribution is 5.87. The third kappa shape index (κ3) is 4.77. The number of aliphatic hydroxyl groups is 1. The van der Waals surface area contributed by atoms with Crippen molar-refractivity contribution in [3.63, 3.8) is 0 Å². The second-order valence-electron chi connectivity index (χ2n) is 11.3. The fourth-order valence-corrected chi connectivity index (χ4v) is 4.99. The van der Waals surface area contributed by atoms with Gasteiger partial charge in [-0.2, -0.15) is 9.97 Å². The van der Waals surface area contributed by atoms with Gasteiger partial charge in [0.2, 0.25) is 5.95 Å². The summed E-state index contributed by atoms with van der Waals surface area (Å²) in [6.07, 6.45) is 0.859. The first-order valence-electron chi connectivity index (χ1n) is 13.5. The van der Waals surface area contributed by atoms with Gasteiger partial charge in [0.25, 0.3) is 0 Å². The van der Waals surface area contributed by atoms with Crippen LogP contribution in [0.1, 0.15) is 45.4 Å². The maximum atomic E-state index is 12.4. The molecule has 210 valence electrons. The number of ether oxygens (including phenoxy) is 2. The number of aryl methyl sites for hydroxylation is 1. The Bertz CT molecular complexity index is 1620. The summed E-state index contributed by atoms with van der Waals surface area (Å²) in [5, 5.41) is 10.6. The van der Waals surface area contributed by atoms with Gasteiger partial charge in [0.05, 0.1) is 24.2 Å². The number of imidazole rings is 2. The molecule has 5 heterocycles. The number of amides is 1. The summed E-state index contributed by atoms with van der Waals surface area (Å²) in [7, 11) is 1.92. The van der Waals surface area contributed by atoms with Crippen molar-refractivity contribution in [2.45, 2.75) is 39.4 Å². The molecule has 0 radical (unpaired) electrons. The lowest BCUT2D eigenvalue weighted by molar-refractivity contribution is 0.0216. The monoisotopic (exact) mass is 546 g/mol. The van der Waals surface area contributed by atoms with Gasteiger partial charge < -0.3 is 28.9 Å². The van der Waals surface area contributed by atoms with E-state index in [1.165, 1.54) is 0 Å². The number of aromatic nitrogens is 6. The Kier molecular flexibility index (Phi) is 6.46. The highest BCUT2D eigenvalue weighted by Gasteiger charge is 2.30. The van der Waals surface area contributed by atoms with Crippen LogP contribution in [0, 0.1) is 0 Å². The molecule has 2 saturated heterocycles. The van der Waals surface area contributed by atoms with E-state index in [4.69, 9.17) is 24.4 Å². The molecule has 0 aliphatic carbocycles. The molecule has 40 heavy (non-hydrogen) atoms. The van der Waals surface area contributed by atoms with E-state index in [2.05, 4.69) is 9.88 Å². The van der Waals surface area contributed by atoms with Gasteiger partial charge >= 0.3 is 6.09 Å². The average molecular weight is 547 g/mol. The minimum absolute atomic E-state index is 0.318. The zero-order valence-corrected chi connectivity index (χ0v) is 23.5. The Hall–Kier alpha value is -4.03. The molecular weight excluding hydrogens is 512 g/mol. The molecule has 12 nitrogen and oxygen atoms in total. The van der Waals surface area contributed by atoms with E-state index < -0.39 is 11.7 Å². The second-order valence-corrected chi connectivity index (χ2v) is 11.3. The lowest BCUT2D eigenvalue weighted by atomic mass is 10.1. The molecule has 1 atom stereocenters. The summed E-state index contributed by atoms with van der Waals surface area (Å²) in [5.74, 6) is 2.32. The van der Waals surface area contributed by atoms with Crippen LogP contribution < -0.4 is 4.90 Å². The van der Waals surface area contributed by atoms with Crippen LogP contribution in [-0.2, 0) is 16.5 Å². The summed E-state index contributed by atoms with van der Waals surface area (Å²) < 4.78 is 14.8. The number of likely N-dealkylation sites (tertiary alicyclic amines) is 1. The van der Waals surface area contributed by atoms with Crippen molar-refractivity contribution in [2.75, 3.05) is 44.3 Å². The molecule has 3 aromatic heterocycles. The van der Waals surface area contributed by atoms with Gasteiger partial charge in [0.15, 0.2) is 17.0 Å². The molecule has 4 aromatic rings. The number of morpholine rings is 1. The minimum atomic E-state index is -0.822. The molecule has 0 saturated carbocycles. The number of nitrogens with zero attached hydrogens (tertiary/aromatic N) is 8. The molecule has 6 rings (SSSR count). The lowest BCUT2D eigenvalue weighted by Crippen LogP contribution is -2.46. The van der Waals surface area contributed by atoms with Gasteiger partial charge in [-0.25, -0.2) is 14.8 Å². The summed E-state index contributed by atoms with van der Waals surface area (Å²) in [6, 6.07) is 7.70. The zero-order chi connectivity index (χ0) is 28.2. The van der Waals surface area contributed by atoms with E-state index in [1.807, 2.05) is 67.3 Å². The van der Waals surface area contributed by atoms with E-state index in [9.17, 15) is 9.90 Å². The number of fused-ring (bicyclic) bond motifs is 2. The van der Waals surface area contributed by atoms with Crippen molar-refractivity contribution in [1.29, 1.82) is 0 Å². The normalized spacial score (nSPS) is 16.9. The molecule has 1 aromatic carbocycles. The number of anilines is 1. The molecule has 0 unspecified atom stereocenters. The van der Waals surface area contributed by atoms with Crippen molar-refractivity contribution < 1.29 is 19.4 Å². The Balaban J connectivity index is 1.43. The van der Waals surface area contributed by atoms with Gasteiger partial charge in [-0.3, -0.25) is 4.57 Å². The molecule has 1 amide bonds. The zero-order valence-electron chi connectivity index (χ0n) is 23.5. The fourth-order valence-electron chi connectivity index (χ4n) is 4.99. The Morgan fingerprint density at radius 2 is 1.82 bits per heavy atom. The lowest BCUT2D eigenvalue weighted by Gasteiger charge is -2.35. The number of aliphatic hydroxyl groups excluding tert-OH is 1. The van der Waals surface area contributed by atoms with Crippen LogP contribution in [0.15, 0.2) is 29.8 Å². The van der Waals surface area contributed by atoms with Crippen molar-refractivity contribution >= 4 is 40.2 Å². The van der Waals surface area contributed by atoms with Crippen LogP contribution in [0.25, 0.3) is 34.2 Å². The predicted octanol–water partition coefficient (Wildman–Crippen LogP) is 3.23. The number of hydrogen-bond donors (Lipinski definition) is 1. The van der Waals surface area contributed by atoms with Gasteiger partial charge in [0.1, 0.15) is 23.4 Å². The first-order valence-corrected chi connectivity index (χ1v) is 13.5. The Morgan fingerprint density at radius 1 is 1.10 bits per heavy atom. The van der Waals surface area contributed by atoms with Crippen LogP contribution in [0.3, 0.4) is 0 Å². The van der Waals surface area contributed by atoms with Gasteiger partial charge in [0, 0.05) is 33.2 Å². The topological polar surface area (TPSA) is 124 Å². The number of rotatable bonds is 4. The highest BCUT2D eigenvalue weighted by atomic mass is 16.6. The van der Waals surface area contributed by atoms with Gasteiger partial charge in [-0.1, -0.05) is 12.1 Å². The average Bonchev–Trinajstić information content (AvgIpc) is 3.43. The van der Waals surface area contributed by atoms with Crippen LogP contribution in [0.5, 0.6) is 0 Å². The maximum Gasteiger partial charge on any atom is 0.410 e. The van der Waals surface area contributed by atoms with Crippen molar-refractivity contribution in [1.82, 2.24) is 34.0 Å². The van der Waals surface area contributed by atoms with E-state index in [-0.39, 0.29) is 6.09 Å². The summed E-state index contributed by atoms with van der Waals surface area (Å²) >= 11 is 0. The van der Waals surface area contributed by atoms with E-state index >= 15 is 0 Å². The molecule has 2 aliphatic rings. The SMILES string of the molecule is C[C@@H](O)c1nc2ccccc2n1-c1nc(N2CCOCC2)c2nc(C=C3CN(C(=O)OC(C)(C)C)C3)n(C)c2n1. The summed E-state index contributed by atoms with van der Waals surface area (Å²) in [6.45, 7) is 10.8. The molecule has 12 heteroatoms. The summed E-state index contributed by atoms with van der Waals surface area (Å²) in [4.78, 5) is 35.8.